The van der Waals surface area contributed by atoms with Crippen LogP contribution in [0.5, 0.6) is 11.5 Å². The molecule has 152 valence electrons. The molecule has 0 aliphatic heterocycles. The van der Waals surface area contributed by atoms with Crippen molar-refractivity contribution in [3.05, 3.63) is 59.7 Å². The first kappa shape index (κ1) is 21.6. The van der Waals surface area contributed by atoms with Crippen molar-refractivity contribution in [3.8, 4) is 11.5 Å². The molecule has 0 heterocycles. The number of nitrogens with zero attached hydrogens (tertiary/aromatic N) is 1. The van der Waals surface area contributed by atoms with Crippen LogP contribution in [0.25, 0.3) is 0 Å². The maximum Gasteiger partial charge on any atom is 0.191 e. The van der Waals surface area contributed by atoms with Gasteiger partial charge in [-0.3, -0.25) is 4.99 Å². The van der Waals surface area contributed by atoms with E-state index < -0.39 is 0 Å². The third-order valence-corrected chi connectivity index (χ3v) is 4.06. The smallest absolute Gasteiger partial charge is 0.191 e. The number of aliphatic imine (C=N–C) groups is 1. The van der Waals surface area contributed by atoms with Gasteiger partial charge in [0.1, 0.15) is 18.1 Å². The van der Waals surface area contributed by atoms with E-state index in [0.29, 0.717) is 26.4 Å². The number of aryl methyl sites for hydroxylation is 1. The van der Waals surface area contributed by atoms with Gasteiger partial charge in [-0.15, -0.1) is 0 Å². The van der Waals surface area contributed by atoms with Crippen LogP contribution in [0.1, 0.15) is 17.5 Å². The molecule has 0 fully saturated rings. The van der Waals surface area contributed by atoms with E-state index in [1.165, 1.54) is 0 Å². The topological polar surface area (TPSA) is 64.1 Å². The molecule has 2 rings (SSSR count). The van der Waals surface area contributed by atoms with Gasteiger partial charge in [-0.25, -0.2) is 0 Å². The van der Waals surface area contributed by atoms with Crippen LogP contribution in [-0.2, 0) is 11.3 Å². The van der Waals surface area contributed by atoms with Gasteiger partial charge in [0.15, 0.2) is 5.96 Å². The van der Waals surface area contributed by atoms with Gasteiger partial charge in [0.2, 0.25) is 0 Å². The molecule has 0 spiro atoms. The summed E-state index contributed by atoms with van der Waals surface area (Å²) in [6.07, 6.45) is 0.880. The third-order valence-electron chi connectivity index (χ3n) is 4.06. The molecule has 6 heteroatoms. The van der Waals surface area contributed by atoms with E-state index in [2.05, 4.69) is 34.7 Å². The monoisotopic (exact) mass is 385 g/mol. The van der Waals surface area contributed by atoms with E-state index >= 15 is 0 Å². The fourth-order valence-electron chi connectivity index (χ4n) is 2.56. The molecule has 2 aromatic carbocycles. The normalized spacial score (nSPS) is 11.2. The van der Waals surface area contributed by atoms with Crippen LogP contribution in [0.2, 0.25) is 0 Å². The van der Waals surface area contributed by atoms with E-state index in [-0.39, 0.29) is 0 Å². The first-order valence-electron chi connectivity index (χ1n) is 9.56. The standard InChI is InChI=1S/C22H31N3O3/c1-18-10-11-19(21(16-18)28-15-14-26-3)17-25-22(23-2)24-12-7-13-27-20-8-5-4-6-9-20/h4-6,8-11,16H,7,12-15,17H2,1-3H3,(H2,23,24,25). The Morgan fingerprint density at radius 1 is 0.964 bits per heavy atom. The average molecular weight is 386 g/mol. The van der Waals surface area contributed by atoms with Gasteiger partial charge in [-0.1, -0.05) is 30.3 Å². The van der Waals surface area contributed by atoms with Crippen molar-refractivity contribution >= 4 is 5.96 Å². The minimum atomic E-state index is 0.529. The van der Waals surface area contributed by atoms with E-state index in [1.807, 2.05) is 36.4 Å². The summed E-state index contributed by atoms with van der Waals surface area (Å²) < 4.78 is 16.6. The SMILES string of the molecule is CN=C(NCCCOc1ccccc1)NCc1ccc(C)cc1OCCOC. The van der Waals surface area contributed by atoms with Crippen molar-refractivity contribution in [2.24, 2.45) is 4.99 Å². The summed E-state index contributed by atoms with van der Waals surface area (Å²) in [5.74, 6) is 2.52. The quantitative estimate of drug-likeness (QED) is 0.353. The Hall–Kier alpha value is -2.73. The number of hydrogen-bond donors (Lipinski definition) is 2. The highest BCUT2D eigenvalue weighted by Gasteiger charge is 2.06. The predicted molar refractivity (Wildman–Crippen MR) is 113 cm³/mol. The van der Waals surface area contributed by atoms with E-state index in [9.17, 15) is 0 Å². The first-order valence-corrected chi connectivity index (χ1v) is 9.56. The van der Waals surface area contributed by atoms with E-state index in [4.69, 9.17) is 14.2 Å². The molecule has 0 saturated carbocycles. The van der Waals surface area contributed by atoms with Gasteiger partial charge in [0.05, 0.1) is 13.2 Å². The molecule has 6 nitrogen and oxygen atoms in total. The number of hydrogen-bond acceptors (Lipinski definition) is 4. The molecule has 0 radical (unpaired) electrons. The van der Waals surface area contributed by atoms with Gasteiger partial charge in [-0.2, -0.15) is 0 Å². The fourth-order valence-corrected chi connectivity index (χ4v) is 2.56. The molecule has 0 unspecified atom stereocenters. The summed E-state index contributed by atoms with van der Waals surface area (Å²) >= 11 is 0. The van der Waals surface area contributed by atoms with Crippen molar-refractivity contribution in [3.63, 3.8) is 0 Å². The van der Waals surface area contributed by atoms with Crippen LogP contribution < -0.4 is 20.1 Å². The van der Waals surface area contributed by atoms with Crippen molar-refractivity contribution in [2.45, 2.75) is 19.9 Å². The number of para-hydroxylation sites is 1. The van der Waals surface area contributed by atoms with Crippen LogP contribution in [-0.4, -0.2) is 46.5 Å². The first-order chi connectivity index (χ1) is 13.7. The highest BCUT2D eigenvalue weighted by molar-refractivity contribution is 5.79. The molecule has 2 N–H and O–H groups in total. The Morgan fingerprint density at radius 3 is 2.54 bits per heavy atom. The number of rotatable bonds is 11. The van der Waals surface area contributed by atoms with Crippen molar-refractivity contribution in [1.82, 2.24) is 10.6 Å². The molecule has 0 aliphatic carbocycles. The lowest BCUT2D eigenvalue weighted by molar-refractivity contribution is 0.145. The highest BCUT2D eigenvalue weighted by atomic mass is 16.5. The van der Waals surface area contributed by atoms with Crippen LogP contribution in [0.3, 0.4) is 0 Å². The predicted octanol–water partition coefficient (Wildman–Crippen LogP) is 3.15. The van der Waals surface area contributed by atoms with Gasteiger partial charge in [-0.05, 0) is 37.1 Å². The molecule has 0 atom stereocenters. The van der Waals surface area contributed by atoms with Gasteiger partial charge in [0, 0.05) is 32.8 Å². The summed E-state index contributed by atoms with van der Waals surface area (Å²) in [5, 5.41) is 6.64. The second-order valence-electron chi connectivity index (χ2n) is 6.32. The second kappa shape index (κ2) is 12.6. The van der Waals surface area contributed by atoms with Crippen molar-refractivity contribution < 1.29 is 14.2 Å². The molecule has 0 aliphatic rings. The number of nitrogens with one attached hydrogen (secondary N) is 2. The highest BCUT2D eigenvalue weighted by Crippen LogP contribution is 2.20. The van der Waals surface area contributed by atoms with Gasteiger partial charge >= 0.3 is 0 Å². The van der Waals surface area contributed by atoms with Crippen LogP contribution in [0, 0.1) is 6.92 Å². The minimum Gasteiger partial charge on any atom is -0.494 e. The maximum atomic E-state index is 5.84. The second-order valence-corrected chi connectivity index (χ2v) is 6.32. The van der Waals surface area contributed by atoms with Crippen LogP contribution in [0.15, 0.2) is 53.5 Å². The number of methoxy groups -OCH3 is 1. The van der Waals surface area contributed by atoms with Crippen LogP contribution in [0.4, 0.5) is 0 Å². The van der Waals surface area contributed by atoms with Crippen molar-refractivity contribution in [1.29, 1.82) is 0 Å². The average Bonchev–Trinajstić information content (AvgIpc) is 2.72. The zero-order valence-corrected chi connectivity index (χ0v) is 17.0. The van der Waals surface area contributed by atoms with E-state index in [0.717, 1.165) is 41.6 Å². The van der Waals surface area contributed by atoms with Crippen LogP contribution >= 0.6 is 0 Å². The molecular weight excluding hydrogens is 354 g/mol. The van der Waals surface area contributed by atoms with Crippen molar-refractivity contribution in [2.75, 3.05) is 40.5 Å². The third kappa shape index (κ3) is 7.88. The van der Waals surface area contributed by atoms with Gasteiger partial charge in [0.25, 0.3) is 0 Å². The largest absolute Gasteiger partial charge is 0.494 e. The van der Waals surface area contributed by atoms with Gasteiger partial charge < -0.3 is 24.8 Å². The molecule has 2 aromatic rings. The number of benzene rings is 2. The molecule has 0 amide bonds. The molecular formula is C22H31N3O3. The molecule has 0 saturated heterocycles. The Balaban J connectivity index is 1.74. The Kier molecular flexibility index (Phi) is 9.72. The number of ether oxygens (including phenoxy) is 3. The van der Waals surface area contributed by atoms with E-state index in [1.54, 1.807) is 14.2 Å². The Labute approximate surface area is 167 Å². The molecule has 0 bridgehead atoms. The number of guanidine groups is 1. The summed E-state index contributed by atoms with van der Waals surface area (Å²) in [7, 11) is 3.43. The summed E-state index contributed by atoms with van der Waals surface area (Å²) in [5.41, 5.74) is 2.24. The summed E-state index contributed by atoms with van der Waals surface area (Å²) in [6, 6.07) is 16.0. The Morgan fingerprint density at radius 2 is 1.79 bits per heavy atom. The summed E-state index contributed by atoms with van der Waals surface area (Å²) in [6.45, 7) is 5.21. The molecule has 28 heavy (non-hydrogen) atoms. The maximum absolute atomic E-state index is 5.84. The lowest BCUT2D eigenvalue weighted by Gasteiger charge is -2.15. The lowest BCUT2D eigenvalue weighted by Crippen LogP contribution is -2.37. The minimum absolute atomic E-state index is 0.529. The Bertz CT molecular complexity index is 720. The zero-order chi connectivity index (χ0) is 20.0. The zero-order valence-electron chi connectivity index (χ0n) is 17.0. The molecule has 0 aromatic heterocycles. The lowest BCUT2D eigenvalue weighted by atomic mass is 10.1. The summed E-state index contributed by atoms with van der Waals surface area (Å²) in [4.78, 5) is 4.27. The fraction of sp³-hybridized carbons (Fsp3) is 0.409.